The molecule has 0 rings (SSSR count). The van der Waals surface area contributed by atoms with Crippen molar-refractivity contribution in [2.24, 2.45) is 0 Å². The van der Waals surface area contributed by atoms with Gasteiger partial charge in [0.1, 0.15) is 6.61 Å². The fourth-order valence-corrected chi connectivity index (χ4v) is 5.71. The summed E-state index contributed by atoms with van der Waals surface area (Å²) < 4.78 is 17.2. The topological polar surface area (TPSA) is 61.8 Å². The molecule has 1 unspecified atom stereocenters. The van der Waals surface area contributed by atoms with Crippen molar-refractivity contribution >= 4 is 11.9 Å². The highest BCUT2D eigenvalue weighted by Gasteiger charge is 2.17. The summed E-state index contributed by atoms with van der Waals surface area (Å²) >= 11 is 0. The third-order valence-electron chi connectivity index (χ3n) is 8.94. The Morgan fingerprint density at radius 3 is 1.41 bits per heavy atom. The number of rotatable bonds is 39. The average Bonchev–Trinajstić information content (AvgIpc) is 3.17. The fraction of sp³-hybridized carbons (Fsp3) is 0.673. The summed E-state index contributed by atoms with van der Waals surface area (Å²) in [6.07, 6.45) is 57.4. The Hall–Kier alpha value is -2.92. The van der Waals surface area contributed by atoms with Crippen LogP contribution in [0.25, 0.3) is 0 Å². The smallest absolute Gasteiger partial charge is 0.306 e. The van der Waals surface area contributed by atoms with Crippen molar-refractivity contribution in [3.8, 4) is 0 Å². The average molecular weight is 751 g/mol. The summed E-state index contributed by atoms with van der Waals surface area (Å²) in [5.41, 5.74) is 0. The summed E-state index contributed by atoms with van der Waals surface area (Å²) in [7, 11) is 0. The molecule has 0 spiro atoms. The van der Waals surface area contributed by atoms with Crippen LogP contribution >= 0.6 is 0 Å². The Morgan fingerprint density at radius 2 is 0.870 bits per heavy atom. The summed E-state index contributed by atoms with van der Waals surface area (Å²) in [5, 5.41) is 0. The van der Waals surface area contributed by atoms with E-state index >= 15 is 0 Å². The Balaban J connectivity index is 4.30. The van der Waals surface area contributed by atoms with E-state index in [2.05, 4.69) is 99.8 Å². The molecule has 0 aromatic heterocycles. The molecule has 0 heterocycles. The molecule has 0 saturated carbocycles. The molecule has 0 bridgehead atoms. The van der Waals surface area contributed by atoms with Crippen LogP contribution in [-0.2, 0) is 23.8 Å². The third-order valence-corrected chi connectivity index (χ3v) is 8.94. The molecule has 0 saturated heterocycles. The largest absolute Gasteiger partial charge is 0.462 e. The molecule has 0 fully saturated rings. The van der Waals surface area contributed by atoms with E-state index in [9.17, 15) is 9.59 Å². The predicted octanol–water partition coefficient (Wildman–Crippen LogP) is 14.6. The lowest BCUT2D eigenvalue weighted by molar-refractivity contribution is -0.162. The van der Waals surface area contributed by atoms with Gasteiger partial charge in [-0.25, -0.2) is 0 Å². The SMILES string of the molecule is CC/C=C\C/C=C\C/C=C\C/C=C\CCC(=O)OC(COCCCCCCCCCC)COC(=O)CCCCCCCCC/C=C\C/C=C\C/C=C\CC. The van der Waals surface area contributed by atoms with Crippen LogP contribution in [-0.4, -0.2) is 37.9 Å². The minimum absolute atomic E-state index is 0.0486. The lowest BCUT2D eigenvalue weighted by atomic mass is 10.1. The molecule has 0 aliphatic carbocycles. The summed E-state index contributed by atoms with van der Waals surface area (Å²) in [4.78, 5) is 25.1. The van der Waals surface area contributed by atoms with Crippen LogP contribution in [0.5, 0.6) is 0 Å². The molecule has 0 aliphatic rings. The fourth-order valence-electron chi connectivity index (χ4n) is 5.71. The first-order valence-corrected chi connectivity index (χ1v) is 22.1. The van der Waals surface area contributed by atoms with E-state index in [0.29, 0.717) is 25.9 Å². The molecule has 0 aliphatic heterocycles. The van der Waals surface area contributed by atoms with Crippen LogP contribution in [0.4, 0.5) is 0 Å². The molecule has 0 aromatic carbocycles. The maximum atomic E-state index is 12.6. The van der Waals surface area contributed by atoms with Crippen LogP contribution in [0, 0.1) is 0 Å². The van der Waals surface area contributed by atoms with E-state index in [1.54, 1.807) is 0 Å². The quantitative estimate of drug-likeness (QED) is 0.0356. The maximum Gasteiger partial charge on any atom is 0.306 e. The van der Waals surface area contributed by atoms with Crippen molar-refractivity contribution in [2.75, 3.05) is 19.8 Å². The van der Waals surface area contributed by atoms with Gasteiger partial charge in [0.15, 0.2) is 6.10 Å². The second-order valence-corrected chi connectivity index (χ2v) is 14.2. The first-order valence-electron chi connectivity index (χ1n) is 22.1. The lowest BCUT2D eigenvalue weighted by Crippen LogP contribution is -2.30. The van der Waals surface area contributed by atoms with E-state index in [1.807, 2.05) is 6.08 Å². The Labute approximate surface area is 333 Å². The van der Waals surface area contributed by atoms with Crippen LogP contribution < -0.4 is 0 Å². The summed E-state index contributed by atoms with van der Waals surface area (Å²) in [6, 6.07) is 0. The zero-order valence-corrected chi connectivity index (χ0v) is 35.2. The van der Waals surface area contributed by atoms with Gasteiger partial charge in [-0.05, 0) is 77.0 Å². The molecule has 0 N–H and O–H groups in total. The number of esters is 2. The molecular formula is C49H82O5. The zero-order valence-electron chi connectivity index (χ0n) is 35.2. The molecular weight excluding hydrogens is 669 g/mol. The van der Waals surface area contributed by atoms with Crippen LogP contribution in [0.3, 0.4) is 0 Å². The van der Waals surface area contributed by atoms with E-state index in [4.69, 9.17) is 14.2 Å². The molecule has 308 valence electrons. The van der Waals surface area contributed by atoms with Gasteiger partial charge < -0.3 is 14.2 Å². The molecule has 5 heteroatoms. The zero-order chi connectivity index (χ0) is 39.3. The standard InChI is InChI=1S/C49H82O5/c1-4-7-10-13-16-19-21-23-24-25-26-28-29-31-33-36-39-42-48(50)53-46-47(45-52-44-41-38-35-18-15-12-9-6-3)54-49(51)43-40-37-34-32-30-27-22-20-17-14-11-8-5-2/h7-8,10-11,16-17,19-20,23-24,27,30,34,37,47H,4-6,9,12-15,18,21-22,25-26,28-29,31-33,35-36,38-46H2,1-3H3/b10-7-,11-8-,19-16-,20-17-,24-23-,30-27-,37-34-. The first-order chi connectivity index (χ1) is 26.6. The van der Waals surface area contributed by atoms with Crippen molar-refractivity contribution < 1.29 is 23.8 Å². The number of allylic oxidation sites excluding steroid dienone is 14. The van der Waals surface area contributed by atoms with E-state index in [0.717, 1.165) is 83.5 Å². The lowest BCUT2D eigenvalue weighted by Gasteiger charge is -2.18. The molecule has 0 aromatic rings. The van der Waals surface area contributed by atoms with Gasteiger partial charge in [-0.3, -0.25) is 9.59 Å². The van der Waals surface area contributed by atoms with Gasteiger partial charge in [0.25, 0.3) is 0 Å². The normalized spacial score (nSPS) is 13.0. The second kappa shape index (κ2) is 44.5. The highest BCUT2D eigenvalue weighted by Crippen LogP contribution is 2.12. The van der Waals surface area contributed by atoms with Gasteiger partial charge in [-0.2, -0.15) is 0 Å². The Bertz CT molecular complexity index is 1030. The van der Waals surface area contributed by atoms with Gasteiger partial charge in [0.2, 0.25) is 0 Å². The van der Waals surface area contributed by atoms with Crippen LogP contribution in [0.15, 0.2) is 85.1 Å². The maximum absolute atomic E-state index is 12.6. The van der Waals surface area contributed by atoms with Crippen molar-refractivity contribution in [3.05, 3.63) is 85.1 Å². The first kappa shape index (κ1) is 51.1. The van der Waals surface area contributed by atoms with Crippen LogP contribution in [0.1, 0.15) is 188 Å². The highest BCUT2D eigenvalue weighted by molar-refractivity contribution is 5.70. The molecule has 5 nitrogen and oxygen atoms in total. The summed E-state index contributed by atoms with van der Waals surface area (Å²) in [5.74, 6) is -0.508. The monoisotopic (exact) mass is 751 g/mol. The number of carbonyl (C=O) groups excluding carboxylic acids is 2. The number of hydrogen-bond donors (Lipinski definition) is 0. The van der Waals surface area contributed by atoms with Crippen LogP contribution in [0.2, 0.25) is 0 Å². The number of carbonyl (C=O) groups is 2. The predicted molar refractivity (Wildman–Crippen MR) is 233 cm³/mol. The van der Waals surface area contributed by atoms with Crippen molar-refractivity contribution in [1.82, 2.24) is 0 Å². The third kappa shape index (κ3) is 41.8. The van der Waals surface area contributed by atoms with Gasteiger partial charge >= 0.3 is 11.9 Å². The van der Waals surface area contributed by atoms with Gasteiger partial charge in [0, 0.05) is 19.4 Å². The Morgan fingerprint density at radius 1 is 0.426 bits per heavy atom. The van der Waals surface area contributed by atoms with Crippen molar-refractivity contribution in [2.45, 2.75) is 194 Å². The molecule has 0 amide bonds. The molecule has 1 atom stereocenters. The van der Waals surface area contributed by atoms with Crippen molar-refractivity contribution in [1.29, 1.82) is 0 Å². The van der Waals surface area contributed by atoms with Gasteiger partial charge in [0.05, 0.1) is 6.61 Å². The number of hydrogen-bond acceptors (Lipinski definition) is 5. The number of ether oxygens (including phenoxy) is 3. The van der Waals surface area contributed by atoms with Crippen molar-refractivity contribution in [3.63, 3.8) is 0 Å². The second-order valence-electron chi connectivity index (χ2n) is 14.2. The van der Waals surface area contributed by atoms with Gasteiger partial charge in [-0.1, -0.05) is 183 Å². The minimum atomic E-state index is -0.577. The number of unbranched alkanes of at least 4 members (excludes halogenated alkanes) is 14. The highest BCUT2D eigenvalue weighted by atomic mass is 16.6. The van der Waals surface area contributed by atoms with Gasteiger partial charge in [-0.15, -0.1) is 0 Å². The minimum Gasteiger partial charge on any atom is -0.462 e. The van der Waals surface area contributed by atoms with E-state index in [-0.39, 0.29) is 25.2 Å². The summed E-state index contributed by atoms with van der Waals surface area (Å²) in [6.45, 7) is 7.48. The Kier molecular flexibility index (Phi) is 42.1. The molecule has 0 radical (unpaired) electrons. The molecule has 54 heavy (non-hydrogen) atoms. The van der Waals surface area contributed by atoms with E-state index < -0.39 is 6.10 Å². The van der Waals surface area contributed by atoms with E-state index in [1.165, 1.54) is 64.2 Å².